The van der Waals surface area contributed by atoms with Crippen LogP contribution in [0.1, 0.15) is 17.9 Å². The van der Waals surface area contributed by atoms with Crippen molar-refractivity contribution in [1.82, 2.24) is 9.80 Å². The number of carbonyl (C=O) groups excluding carboxylic acids is 1. The van der Waals surface area contributed by atoms with Gasteiger partial charge in [0.25, 0.3) is 0 Å². The zero-order valence-electron chi connectivity index (χ0n) is 12.1. The molecule has 5 heteroatoms. The van der Waals surface area contributed by atoms with Crippen LogP contribution in [0.5, 0.6) is 0 Å². The Morgan fingerprint density at radius 1 is 1.24 bits per heavy atom. The molecule has 2 heterocycles. The van der Waals surface area contributed by atoms with Gasteiger partial charge in [0.2, 0.25) is 5.91 Å². The molecule has 1 fully saturated rings. The minimum Gasteiger partial charge on any atom is -0.341 e. The fourth-order valence-electron chi connectivity index (χ4n) is 3.12. The van der Waals surface area contributed by atoms with Gasteiger partial charge in [0.15, 0.2) is 0 Å². The van der Waals surface area contributed by atoms with Gasteiger partial charge in [0.05, 0.1) is 5.92 Å². The normalized spacial score (nSPS) is 22.9. The van der Waals surface area contributed by atoms with E-state index < -0.39 is 0 Å². The van der Waals surface area contributed by atoms with Crippen LogP contribution in [0.25, 0.3) is 0 Å². The lowest BCUT2D eigenvalue weighted by Crippen LogP contribution is -2.38. The molecule has 1 aromatic carbocycles. The van der Waals surface area contributed by atoms with Crippen LogP contribution in [0.15, 0.2) is 29.2 Å². The van der Waals surface area contributed by atoms with Crippen molar-refractivity contribution >= 4 is 29.3 Å². The van der Waals surface area contributed by atoms with Gasteiger partial charge in [-0.3, -0.25) is 4.79 Å². The second kappa shape index (κ2) is 7.03. The van der Waals surface area contributed by atoms with E-state index in [2.05, 4.69) is 28.0 Å². The number of nitrogens with zero attached hydrogens (tertiary/aromatic N) is 2. The van der Waals surface area contributed by atoms with Gasteiger partial charge in [0.1, 0.15) is 0 Å². The van der Waals surface area contributed by atoms with Gasteiger partial charge in [0, 0.05) is 42.7 Å². The number of amides is 1. The van der Waals surface area contributed by atoms with Gasteiger partial charge >= 0.3 is 0 Å². The molecular weight excluding hydrogens is 304 g/mol. The highest BCUT2D eigenvalue weighted by Gasteiger charge is 2.32. The maximum Gasteiger partial charge on any atom is 0.231 e. The van der Waals surface area contributed by atoms with Crippen LogP contribution in [0.4, 0.5) is 0 Å². The fourth-order valence-corrected chi connectivity index (χ4v) is 4.58. The van der Waals surface area contributed by atoms with Crippen molar-refractivity contribution in [3.8, 4) is 0 Å². The molecule has 0 saturated carbocycles. The van der Waals surface area contributed by atoms with Crippen molar-refractivity contribution in [3.05, 3.63) is 29.8 Å². The number of alkyl halides is 1. The van der Waals surface area contributed by atoms with E-state index in [1.165, 1.54) is 10.5 Å². The Morgan fingerprint density at radius 3 is 2.95 bits per heavy atom. The Balaban J connectivity index is 1.66. The third-order valence-electron chi connectivity index (χ3n) is 4.30. The van der Waals surface area contributed by atoms with Crippen molar-refractivity contribution in [2.75, 3.05) is 44.4 Å². The average Bonchev–Trinajstić information content (AvgIpc) is 2.80. The van der Waals surface area contributed by atoms with Crippen molar-refractivity contribution < 1.29 is 4.79 Å². The van der Waals surface area contributed by atoms with Gasteiger partial charge in [-0.2, -0.15) is 0 Å². The highest BCUT2D eigenvalue weighted by molar-refractivity contribution is 7.99. The first-order valence-corrected chi connectivity index (χ1v) is 9.10. The topological polar surface area (TPSA) is 23.6 Å². The zero-order chi connectivity index (χ0) is 14.7. The summed E-state index contributed by atoms with van der Waals surface area (Å²) in [4.78, 5) is 18.5. The Bertz CT molecular complexity index is 511. The first-order valence-electron chi connectivity index (χ1n) is 7.58. The predicted octanol–water partition coefficient (Wildman–Crippen LogP) is 2.65. The number of rotatable bonds is 3. The SMILES string of the molecule is O=C(C1CSc2ccccc21)N1CCCN(CCCl)CC1. The first-order chi connectivity index (χ1) is 10.3. The molecule has 0 spiro atoms. The second-order valence-electron chi connectivity index (χ2n) is 5.61. The van der Waals surface area contributed by atoms with E-state index in [9.17, 15) is 4.79 Å². The molecule has 1 saturated heterocycles. The predicted molar refractivity (Wildman–Crippen MR) is 88.3 cm³/mol. The van der Waals surface area contributed by atoms with Crippen molar-refractivity contribution in [1.29, 1.82) is 0 Å². The molecule has 21 heavy (non-hydrogen) atoms. The summed E-state index contributed by atoms with van der Waals surface area (Å²) in [6.07, 6.45) is 1.05. The van der Waals surface area contributed by atoms with Gasteiger partial charge < -0.3 is 9.80 Å². The molecule has 3 nitrogen and oxygen atoms in total. The summed E-state index contributed by atoms with van der Waals surface area (Å²) in [6, 6.07) is 8.32. The van der Waals surface area contributed by atoms with Crippen molar-refractivity contribution in [2.24, 2.45) is 0 Å². The van der Waals surface area contributed by atoms with Crippen LogP contribution >= 0.6 is 23.4 Å². The van der Waals surface area contributed by atoms with Crippen LogP contribution in [0, 0.1) is 0 Å². The van der Waals surface area contributed by atoms with Crippen LogP contribution in [0.3, 0.4) is 0 Å². The van der Waals surface area contributed by atoms with Crippen LogP contribution in [-0.4, -0.2) is 60.1 Å². The third-order valence-corrected chi connectivity index (χ3v) is 5.65. The molecule has 0 aromatic heterocycles. The summed E-state index contributed by atoms with van der Waals surface area (Å²) >= 11 is 7.63. The molecule has 1 unspecified atom stereocenters. The van der Waals surface area contributed by atoms with E-state index >= 15 is 0 Å². The number of hydrogen-bond acceptors (Lipinski definition) is 3. The Hall–Kier alpha value is -0.710. The second-order valence-corrected chi connectivity index (χ2v) is 7.05. The summed E-state index contributed by atoms with van der Waals surface area (Å²) in [7, 11) is 0. The molecule has 0 aliphatic carbocycles. The number of benzene rings is 1. The number of hydrogen-bond donors (Lipinski definition) is 0. The minimum atomic E-state index is 0.0470. The van der Waals surface area contributed by atoms with Gasteiger partial charge in [-0.05, 0) is 24.6 Å². The molecular formula is C16H21ClN2OS. The summed E-state index contributed by atoms with van der Waals surface area (Å²) in [5.74, 6) is 1.91. The maximum atomic E-state index is 12.8. The molecule has 1 atom stereocenters. The molecule has 2 aliphatic heterocycles. The molecule has 2 aliphatic rings. The highest BCUT2D eigenvalue weighted by Crippen LogP contribution is 2.40. The van der Waals surface area contributed by atoms with Gasteiger partial charge in [-0.25, -0.2) is 0 Å². The summed E-state index contributed by atoms with van der Waals surface area (Å²) in [6.45, 7) is 4.62. The van der Waals surface area contributed by atoms with E-state index in [1.54, 1.807) is 11.8 Å². The van der Waals surface area contributed by atoms with E-state index in [4.69, 9.17) is 11.6 Å². The molecule has 114 valence electrons. The van der Waals surface area contributed by atoms with Crippen LogP contribution in [0.2, 0.25) is 0 Å². The lowest BCUT2D eigenvalue weighted by Gasteiger charge is -2.24. The van der Waals surface area contributed by atoms with E-state index in [1.807, 2.05) is 6.07 Å². The van der Waals surface area contributed by atoms with E-state index in [-0.39, 0.29) is 5.92 Å². The monoisotopic (exact) mass is 324 g/mol. The van der Waals surface area contributed by atoms with Crippen molar-refractivity contribution in [2.45, 2.75) is 17.2 Å². The summed E-state index contributed by atoms with van der Waals surface area (Å²) in [5, 5.41) is 0. The fraction of sp³-hybridized carbons (Fsp3) is 0.562. The Morgan fingerprint density at radius 2 is 2.10 bits per heavy atom. The third kappa shape index (κ3) is 3.38. The molecule has 0 radical (unpaired) electrons. The molecule has 0 bridgehead atoms. The highest BCUT2D eigenvalue weighted by atomic mass is 35.5. The molecule has 1 amide bonds. The zero-order valence-corrected chi connectivity index (χ0v) is 13.7. The number of thioether (sulfide) groups is 1. The Labute approximate surface area is 135 Å². The Kier molecular flexibility index (Phi) is 5.09. The van der Waals surface area contributed by atoms with Gasteiger partial charge in [-0.15, -0.1) is 23.4 Å². The largest absolute Gasteiger partial charge is 0.341 e. The van der Waals surface area contributed by atoms with E-state index in [0.29, 0.717) is 11.8 Å². The van der Waals surface area contributed by atoms with E-state index in [0.717, 1.165) is 44.9 Å². The smallest absolute Gasteiger partial charge is 0.231 e. The average molecular weight is 325 g/mol. The lowest BCUT2D eigenvalue weighted by atomic mass is 10.00. The molecule has 0 N–H and O–H groups in total. The lowest BCUT2D eigenvalue weighted by molar-refractivity contribution is -0.132. The first kappa shape index (κ1) is 15.2. The van der Waals surface area contributed by atoms with Gasteiger partial charge in [-0.1, -0.05) is 18.2 Å². The van der Waals surface area contributed by atoms with Crippen LogP contribution < -0.4 is 0 Å². The summed E-state index contributed by atoms with van der Waals surface area (Å²) < 4.78 is 0. The maximum absolute atomic E-state index is 12.8. The molecule has 1 aromatic rings. The van der Waals surface area contributed by atoms with Crippen LogP contribution in [-0.2, 0) is 4.79 Å². The minimum absolute atomic E-state index is 0.0470. The standard InChI is InChI=1S/C16H21ClN2OS/c17-6-9-18-7-3-8-19(11-10-18)16(20)14-12-21-15-5-2-1-4-13(14)15/h1-2,4-5,14H,3,6-12H2. The van der Waals surface area contributed by atoms with Crippen molar-refractivity contribution in [3.63, 3.8) is 0 Å². The number of carbonyl (C=O) groups is 1. The number of fused-ring (bicyclic) bond motifs is 1. The quantitative estimate of drug-likeness (QED) is 0.799. The summed E-state index contributed by atoms with van der Waals surface area (Å²) in [5.41, 5.74) is 1.22. The number of halogens is 1. The molecule has 3 rings (SSSR count).